The molecule has 0 spiro atoms. The highest BCUT2D eigenvalue weighted by Gasteiger charge is 2.58. The number of carboxylic acid groups (broad SMARTS) is 1. The molecule has 0 bridgehead atoms. The van der Waals surface area contributed by atoms with E-state index in [2.05, 4.69) is 0 Å². The van der Waals surface area contributed by atoms with Crippen molar-refractivity contribution in [3.8, 4) is 0 Å². The molecule has 1 fully saturated rings. The molecule has 0 aromatic carbocycles. The molecule has 1 N–H and O–H groups in total. The zero-order valence-electron chi connectivity index (χ0n) is 11.1. The standard InChI is InChI=1S/C12H20N2O4/c1-4-14(5-2)9(15)8-13(3)10(16)12(6-7-12)11(17)18/h4-8H2,1-3H3,(H,17,18). The minimum atomic E-state index is -1.27. The Morgan fingerprint density at radius 1 is 1.17 bits per heavy atom. The second kappa shape index (κ2) is 5.37. The molecule has 0 radical (unpaired) electrons. The zero-order valence-corrected chi connectivity index (χ0v) is 11.1. The van der Waals surface area contributed by atoms with Gasteiger partial charge < -0.3 is 14.9 Å². The van der Waals surface area contributed by atoms with Crippen LogP contribution in [0.2, 0.25) is 0 Å². The minimum absolute atomic E-state index is 0.0600. The number of hydrogen-bond donors (Lipinski definition) is 1. The maximum Gasteiger partial charge on any atom is 0.319 e. The van der Waals surface area contributed by atoms with E-state index in [0.29, 0.717) is 25.9 Å². The molecular formula is C12H20N2O4. The molecule has 0 saturated heterocycles. The molecule has 102 valence electrons. The number of nitrogens with zero attached hydrogens (tertiary/aromatic N) is 2. The normalized spacial score (nSPS) is 15.9. The highest BCUT2D eigenvalue weighted by Crippen LogP contribution is 2.47. The van der Waals surface area contributed by atoms with Crippen LogP contribution in [-0.2, 0) is 14.4 Å². The van der Waals surface area contributed by atoms with E-state index in [1.807, 2.05) is 13.8 Å². The molecule has 0 atom stereocenters. The predicted molar refractivity (Wildman–Crippen MR) is 64.9 cm³/mol. The van der Waals surface area contributed by atoms with Crippen molar-refractivity contribution >= 4 is 17.8 Å². The number of aliphatic carboxylic acids is 1. The Labute approximate surface area is 107 Å². The lowest BCUT2D eigenvalue weighted by atomic mass is 10.1. The molecule has 1 aliphatic carbocycles. The Balaban J connectivity index is 2.61. The van der Waals surface area contributed by atoms with Crippen LogP contribution in [0.1, 0.15) is 26.7 Å². The van der Waals surface area contributed by atoms with Crippen LogP contribution in [0, 0.1) is 5.41 Å². The van der Waals surface area contributed by atoms with E-state index in [1.165, 1.54) is 11.9 Å². The zero-order chi connectivity index (χ0) is 13.9. The van der Waals surface area contributed by atoms with E-state index in [9.17, 15) is 14.4 Å². The van der Waals surface area contributed by atoms with Crippen LogP contribution < -0.4 is 0 Å². The summed E-state index contributed by atoms with van der Waals surface area (Å²) < 4.78 is 0. The SMILES string of the molecule is CCN(CC)C(=O)CN(C)C(=O)C1(C(=O)O)CC1. The summed E-state index contributed by atoms with van der Waals surface area (Å²) in [5, 5.41) is 9.02. The fraction of sp³-hybridized carbons (Fsp3) is 0.750. The predicted octanol–water partition coefficient (Wildman–Crippen LogP) is 0.178. The molecule has 18 heavy (non-hydrogen) atoms. The first-order valence-electron chi connectivity index (χ1n) is 6.15. The van der Waals surface area contributed by atoms with Crippen LogP contribution in [0.25, 0.3) is 0 Å². The largest absolute Gasteiger partial charge is 0.480 e. The molecule has 0 heterocycles. The number of carboxylic acids is 1. The maximum absolute atomic E-state index is 12.0. The number of amides is 2. The van der Waals surface area contributed by atoms with Crippen LogP contribution in [0.4, 0.5) is 0 Å². The van der Waals surface area contributed by atoms with Crippen LogP contribution in [-0.4, -0.2) is 59.4 Å². The van der Waals surface area contributed by atoms with Crippen LogP contribution >= 0.6 is 0 Å². The third-order valence-electron chi connectivity index (χ3n) is 3.40. The van der Waals surface area contributed by atoms with Crippen molar-refractivity contribution in [2.45, 2.75) is 26.7 Å². The van der Waals surface area contributed by atoms with Gasteiger partial charge in [0.25, 0.3) is 0 Å². The summed E-state index contributed by atoms with van der Waals surface area (Å²) in [5.41, 5.74) is -1.27. The summed E-state index contributed by atoms with van der Waals surface area (Å²) in [7, 11) is 1.48. The smallest absolute Gasteiger partial charge is 0.319 e. The van der Waals surface area contributed by atoms with Gasteiger partial charge in [0.15, 0.2) is 0 Å². The van der Waals surface area contributed by atoms with Gasteiger partial charge in [-0.15, -0.1) is 0 Å². The Bertz CT molecular complexity index is 359. The van der Waals surface area contributed by atoms with Crippen molar-refractivity contribution in [3.63, 3.8) is 0 Å². The molecule has 2 amide bonds. The third-order valence-corrected chi connectivity index (χ3v) is 3.40. The van der Waals surface area contributed by atoms with Crippen LogP contribution in [0.15, 0.2) is 0 Å². The highest BCUT2D eigenvalue weighted by atomic mass is 16.4. The van der Waals surface area contributed by atoms with Crippen molar-refractivity contribution in [2.24, 2.45) is 5.41 Å². The molecule has 0 aromatic rings. The first kappa shape index (κ1) is 14.5. The monoisotopic (exact) mass is 256 g/mol. The number of hydrogen-bond acceptors (Lipinski definition) is 3. The van der Waals surface area contributed by atoms with Gasteiger partial charge in [-0.2, -0.15) is 0 Å². The van der Waals surface area contributed by atoms with Gasteiger partial charge in [0.05, 0.1) is 6.54 Å². The molecule has 1 saturated carbocycles. The molecule has 1 rings (SSSR count). The second-order valence-electron chi connectivity index (χ2n) is 4.61. The number of carbonyl (C=O) groups excluding carboxylic acids is 2. The molecule has 6 heteroatoms. The van der Waals surface area contributed by atoms with Crippen molar-refractivity contribution in [1.29, 1.82) is 0 Å². The first-order chi connectivity index (χ1) is 8.39. The lowest BCUT2D eigenvalue weighted by Crippen LogP contribution is -2.45. The van der Waals surface area contributed by atoms with Gasteiger partial charge in [-0.3, -0.25) is 14.4 Å². The van der Waals surface area contributed by atoms with Crippen LogP contribution in [0.5, 0.6) is 0 Å². The molecule has 6 nitrogen and oxygen atoms in total. The average molecular weight is 256 g/mol. The van der Waals surface area contributed by atoms with Gasteiger partial charge in [0.2, 0.25) is 11.8 Å². The van der Waals surface area contributed by atoms with Gasteiger partial charge in [0.1, 0.15) is 5.41 Å². The summed E-state index contributed by atoms with van der Waals surface area (Å²) in [4.78, 5) is 37.7. The number of likely N-dealkylation sites (N-methyl/N-ethyl adjacent to an activating group) is 2. The van der Waals surface area contributed by atoms with Gasteiger partial charge >= 0.3 is 5.97 Å². The molecule has 0 unspecified atom stereocenters. The fourth-order valence-electron chi connectivity index (χ4n) is 1.96. The highest BCUT2D eigenvalue weighted by molar-refractivity contribution is 6.05. The lowest BCUT2D eigenvalue weighted by molar-refractivity contribution is -0.154. The average Bonchev–Trinajstić information content (AvgIpc) is 3.10. The summed E-state index contributed by atoms with van der Waals surface area (Å²) in [5.74, 6) is -1.71. The molecule has 0 aromatic heterocycles. The lowest BCUT2D eigenvalue weighted by Gasteiger charge is -2.25. The van der Waals surface area contributed by atoms with E-state index in [-0.39, 0.29) is 12.5 Å². The van der Waals surface area contributed by atoms with Gasteiger partial charge in [-0.05, 0) is 26.7 Å². The Kier molecular flexibility index (Phi) is 4.32. The van der Waals surface area contributed by atoms with Gasteiger partial charge in [0, 0.05) is 20.1 Å². The van der Waals surface area contributed by atoms with Gasteiger partial charge in [-0.1, -0.05) is 0 Å². The quantitative estimate of drug-likeness (QED) is 0.688. The fourth-order valence-corrected chi connectivity index (χ4v) is 1.96. The maximum atomic E-state index is 12.0. The number of rotatable bonds is 6. The topological polar surface area (TPSA) is 77.9 Å². The summed E-state index contributed by atoms with van der Waals surface area (Å²) in [6.45, 7) is 4.84. The number of carbonyl (C=O) groups is 3. The Morgan fingerprint density at radius 3 is 2.00 bits per heavy atom. The summed E-state index contributed by atoms with van der Waals surface area (Å²) in [6, 6.07) is 0. The van der Waals surface area contributed by atoms with E-state index < -0.39 is 17.3 Å². The molecule has 0 aliphatic heterocycles. The Morgan fingerprint density at radius 2 is 1.67 bits per heavy atom. The van der Waals surface area contributed by atoms with E-state index >= 15 is 0 Å². The van der Waals surface area contributed by atoms with Crippen molar-refractivity contribution in [3.05, 3.63) is 0 Å². The van der Waals surface area contributed by atoms with Crippen molar-refractivity contribution in [1.82, 2.24) is 9.80 Å². The van der Waals surface area contributed by atoms with Gasteiger partial charge in [-0.25, -0.2) is 0 Å². The summed E-state index contributed by atoms with van der Waals surface area (Å²) in [6.07, 6.45) is 0.732. The van der Waals surface area contributed by atoms with Crippen molar-refractivity contribution < 1.29 is 19.5 Å². The summed E-state index contributed by atoms with van der Waals surface area (Å²) >= 11 is 0. The minimum Gasteiger partial charge on any atom is -0.480 e. The molecule has 1 aliphatic rings. The van der Waals surface area contributed by atoms with E-state index in [0.717, 1.165) is 0 Å². The van der Waals surface area contributed by atoms with Crippen molar-refractivity contribution in [2.75, 3.05) is 26.7 Å². The third kappa shape index (κ3) is 2.63. The van der Waals surface area contributed by atoms with Crippen LogP contribution in [0.3, 0.4) is 0 Å². The van der Waals surface area contributed by atoms with E-state index in [1.54, 1.807) is 4.90 Å². The second-order valence-corrected chi connectivity index (χ2v) is 4.61. The van der Waals surface area contributed by atoms with E-state index in [4.69, 9.17) is 5.11 Å². The molecular weight excluding hydrogens is 236 g/mol. The Hall–Kier alpha value is -1.59. The first-order valence-corrected chi connectivity index (χ1v) is 6.15.